The fourth-order valence-electron chi connectivity index (χ4n) is 3.02. The summed E-state index contributed by atoms with van der Waals surface area (Å²) in [6, 6.07) is 16.5. The molecular weight excluding hydrogens is 342 g/mol. The van der Waals surface area contributed by atoms with Gasteiger partial charge in [0.15, 0.2) is 0 Å². The van der Waals surface area contributed by atoms with Gasteiger partial charge in [0, 0.05) is 24.3 Å². The van der Waals surface area contributed by atoms with Crippen LogP contribution >= 0.6 is 0 Å². The second-order valence-electron chi connectivity index (χ2n) is 6.57. The Morgan fingerprint density at radius 1 is 1.11 bits per heavy atom. The van der Waals surface area contributed by atoms with Gasteiger partial charge in [-0.15, -0.1) is 0 Å². The van der Waals surface area contributed by atoms with E-state index in [4.69, 9.17) is 4.74 Å². The Morgan fingerprint density at radius 2 is 1.85 bits per heavy atom. The molecule has 2 amide bonds. The number of benzene rings is 2. The van der Waals surface area contributed by atoms with Crippen LogP contribution in [0.4, 0.5) is 5.69 Å². The molecule has 1 saturated heterocycles. The zero-order valence-corrected chi connectivity index (χ0v) is 15.4. The molecule has 2 aromatic rings. The lowest BCUT2D eigenvalue weighted by atomic mass is 10.1. The smallest absolute Gasteiger partial charge is 0.251 e. The van der Waals surface area contributed by atoms with Crippen molar-refractivity contribution in [2.75, 3.05) is 25.0 Å². The van der Waals surface area contributed by atoms with E-state index in [-0.39, 0.29) is 24.0 Å². The van der Waals surface area contributed by atoms with Crippen molar-refractivity contribution in [2.45, 2.75) is 25.5 Å². The predicted molar refractivity (Wildman–Crippen MR) is 105 cm³/mol. The molecule has 0 unspecified atom stereocenters. The Bertz CT molecular complexity index is 762. The van der Waals surface area contributed by atoms with Gasteiger partial charge in [0.05, 0.1) is 12.7 Å². The Morgan fingerprint density at radius 3 is 2.56 bits per heavy atom. The Hall–Kier alpha value is -2.70. The largest absolute Gasteiger partial charge is 0.375 e. The highest BCUT2D eigenvalue weighted by Crippen LogP contribution is 2.12. The summed E-state index contributed by atoms with van der Waals surface area (Å²) in [5.74, 6) is -0.262. The van der Waals surface area contributed by atoms with Gasteiger partial charge in [0.1, 0.15) is 6.04 Å². The molecular formula is C21H25N3O3. The van der Waals surface area contributed by atoms with Gasteiger partial charge in [-0.05, 0) is 43.2 Å². The normalized spacial score (nSPS) is 19.3. The Balaban J connectivity index is 1.49. The number of carbonyl (C=O) groups is 2. The first-order chi connectivity index (χ1) is 13.1. The van der Waals surface area contributed by atoms with Gasteiger partial charge in [0.25, 0.3) is 5.91 Å². The second-order valence-corrected chi connectivity index (χ2v) is 6.57. The third kappa shape index (κ3) is 5.39. The molecule has 1 aliphatic heterocycles. The van der Waals surface area contributed by atoms with Gasteiger partial charge < -0.3 is 20.7 Å². The summed E-state index contributed by atoms with van der Waals surface area (Å²) >= 11 is 0. The molecule has 142 valence electrons. The molecule has 3 N–H and O–H groups in total. The first-order valence-corrected chi connectivity index (χ1v) is 9.21. The fourth-order valence-corrected chi connectivity index (χ4v) is 3.02. The van der Waals surface area contributed by atoms with E-state index in [9.17, 15) is 9.59 Å². The van der Waals surface area contributed by atoms with Crippen LogP contribution in [-0.2, 0) is 16.0 Å². The fraction of sp³-hybridized carbons (Fsp3) is 0.333. The SMILES string of the molecule is C[C@H]1OCCN[C@@H]1C(=O)Nc1ccc(C(=O)NCCc2ccccc2)cc1. The molecule has 0 aromatic heterocycles. The molecule has 0 aliphatic carbocycles. The molecule has 1 aliphatic rings. The molecule has 2 aromatic carbocycles. The highest BCUT2D eigenvalue weighted by Gasteiger charge is 2.28. The molecule has 0 spiro atoms. The average Bonchev–Trinajstić information content (AvgIpc) is 2.69. The minimum atomic E-state index is -0.375. The first kappa shape index (κ1) is 19.1. The second kappa shape index (κ2) is 9.30. The summed E-state index contributed by atoms with van der Waals surface area (Å²) in [4.78, 5) is 24.6. The number of rotatable bonds is 6. The molecule has 6 nitrogen and oxygen atoms in total. The van der Waals surface area contributed by atoms with Gasteiger partial charge in [0.2, 0.25) is 5.91 Å². The van der Waals surface area contributed by atoms with Crippen LogP contribution in [0, 0.1) is 0 Å². The standard InChI is InChI=1S/C21H25N3O3/c1-15-19(22-13-14-27-15)21(26)24-18-9-7-17(8-10-18)20(25)23-12-11-16-5-3-2-4-6-16/h2-10,15,19,22H,11-14H2,1H3,(H,23,25)(H,24,26)/t15-,19+/m1/s1. The summed E-state index contributed by atoms with van der Waals surface area (Å²) in [6.07, 6.45) is 0.614. The summed E-state index contributed by atoms with van der Waals surface area (Å²) in [5, 5.41) is 8.93. The summed E-state index contributed by atoms with van der Waals surface area (Å²) < 4.78 is 5.49. The third-order valence-electron chi connectivity index (χ3n) is 4.56. The maximum absolute atomic E-state index is 12.3. The third-order valence-corrected chi connectivity index (χ3v) is 4.56. The van der Waals surface area contributed by atoms with Crippen molar-refractivity contribution in [3.05, 3.63) is 65.7 Å². The molecule has 0 saturated carbocycles. The van der Waals surface area contributed by atoms with Crippen molar-refractivity contribution in [1.82, 2.24) is 10.6 Å². The lowest BCUT2D eigenvalue weighted by Gasteiger charge is -2.29. The van der Waals surface area contributed by atoms with E-state index < -0.39 is 0 Å². The van der Waals surface area contributed by atoms with E-state index in [1.54, 1.807) is 24.3 Å². The number of ether oxygens (including phenoxy) is 1. The van der Waals surface area contributed by atoms with E-state index in [1.165, 1.54) is 5.56 Å². The Labute approximate surface area is 159 Å². The van der Waals surface area contributed by atoms with Crippen LogP contribution in [-0.4, -0.2) is 43.7 Å². The van der Waals surface area contributed by atoms with Gasteiger partial charge in [-0.2, -0.15) is 0 Å². The van der Waals surface area contributed by atoms with E-state index in [2.05, 4.69) is 16.0 Å². The van der Waals surface area contributed by atoms with E-state index >= 15 is 0 Å². The van der Waals surface area contributed by atoms with Gasteiger partial charge in [-0.1, -0.05) is 30.3 Å². The lowest BCUT2D eigenvalue weighted by molar-refractivity contribution is -0.123. The van der Waals surface area contributed by atoms with Crippen molar-refractivity contribution in [2.24, 2.45) is 0 Å². The predicted octanol–water partition coefficient (Wildman–Crippen LogP) is 1.97. The number of carbonyl (C=O) groups excluding carboxylic acids is 2. The lowest BCUT2D eigenvalue weighted by Crippen LogP contribution is -2.53. The summed E-state index contributed by atoms with van der Waals surface area (Å²) in [5.41, 5.74) is 2.40. The van der Waals surface area contributed by atoms with Crippen LogP contribution in [0.15, 0.2) is 54.6 Å². The molecule has 0 bridgehead atoms. The van der Waals surface area contributed by atoms with Crippen LogP contribution in [0.1, 0.15) is 22.8 Å². The number of hydrogen-bond donors (Lipinski definition) is 3. The van der Waals surface area contributed by atoms with Crippen LogP contribution in [0.5, 0.6) is 0 Å². The average molecular weight is 367 g/mol. The number of nitrogens with one attached hydrogen (secondary N) is 3. The topological polar surface area (TPSA) is 79.5 Å². The number of anilines is 1. The zero-order chi connectivity index (χ0) is 19.1. The first-order valence-electron chi connectivity index (χ1n) is 9.21. The van der Waals surface area contributed by atoms with E-state index in [0.717, 1.165) is 6.42 Å². The van der Waals surface area contributed by atoms with E-state index in [1.807, 2.05) is 37.3 Å². The molecule has 1 fully saturated rings. The monoisotopic (exact) mass is 367 g/mol. The van der Waals surface area contributed by atoms with Crippen molar-refractivity contribution in [3.63, 3.8) is 0 Å². The maximum Gasteiger partial charge on any atom is 0.251 e. The van der Waals surface area contributed by atoms with Crippen LogP contribution in [0.2, 0.25) is 0 Å². The molecule has 6 heteroatoms. The van der Waals surface area contributed by atoms with E-state index in [0.29, 0.717) is 30.9 Å². The van der Waals surface area contributed by atoms with Crippen molar-refractivity contribution < 1.29 is 14.3 Å². The van der Waals surface area contributed by atoms with Crippen LogP contribution in [0.3, 0.4) is 0 Å². The Kier molecular flexibility index (Phi) is 6.57. The maximum atomic E-state index is 12.3. The summed E-state index contributed by atoms with van der Waals surface area (Å²) in [6.45, 7) is 3.72. The van der Waals surface area contributed by atoms with Crippen molar-refractivity contribution in [3.8, 4) is 0 Å². The highest BCUT2D eigenvalue weighted by atomic mass is 16.5. The number of hydrogen-bond acceptors (Lipinski definition) is 4. The van der Waals surface area contributed by atoms with Crippen LogP contribution in [0.25, 0.3) is 0 Å². The molecule has 2 atom stereocenters. The highest BCUT2D eigenvalue weighted by molar-refractivity contribution is 5.97. The van der Waals surface area contributed by atoms with Gasteiger partial charge in [-0.3, -0.25) is 9.59 Å². The zero-order valence-electron chi connectivity index (χ0n) is 15.4. The molecule has 27 heavy (non-hydrogen) atoms. The minimum Gasteiger partial charge on any atom is -0.375 e. The number of amides is 2. The van der Waals surface area contributed by atoms with Crippen molar-refractivity contribution in [1.29, 1.82) is 0 Å². The van der Waals surface area contributed by atoms with Gasteiger partial charge in [-0.25, -0.2) is 0 Å². The molecule has 0 radical (unpaired) electrons. The number of morpholine rings is 1. The quantitative estimate of drug-likeness (QED) is 0.729. The van der Waals surface area contributed by atoms with Gasteiger partial charge >= 0.3 is 0 Å². The molecule has 3 rings (SSSR count). The minimum absolute atomic E-state index is 0.125. The van der Waals surface area contributed by atoms with Crippen molar-refractivity contribution >= 4 is 17.5 Å². The summed E-state index contributed by atoms with van der Waals surface area (Å²) in [7, 11) is 0. The van der Waals surface area contributed by atoms with Crippen LogP contribution < -0.4 is 16.0 Å². The molecule has 1 heterocycles.